The maximum atomic E-state index is 11.6. The number of fused-ring (bicyclic) bond motifs is 1. The van der Waals surface area contributed by atoms with Crippen LogP contribution in [0.3, 0.4) is 0 Å². The van der Waals surface area contributed by atoms with E-state index in [-0.39, 0.29) is 24.9 Å². The zero-order valence-electron chi connectivity index (χ0n) is 10.3. The van der Waals surface area contributed by atoms with E-state index >= 15 is 0 Å². The topological polar surface area (TPSA) is 77.0 Å². The number of ether oxygens (including phenoxy) is 3. The van der Waals surface area contributed by atoms with E-state index < -0.39 is 17.8 Å². The summed E-state index contributed by atoms with van der Waals surface area (Å²) in [5.41, 5.74) is -0.529. The smallest absolute Gasteiger partial charge is 0.408 e. The summed E-state index contributed by atoms with van der Waals surface area (Å²) in [6, 6.07) is -0.257. The van der Waals surface area contributed by atoms with Gasteiger partial charge >= 0.3 is 6.09 Å². The molecule has 1 amide bonds. The quantitative estimate of drug-likeness (QED) is 0.682. The molecule has 0 spiro atoms. The zero-order chi connectivity index (χ0) is 12.6. The third-order valence-corrected chi connectivity index (χ3v) is 2.73. The number of aliphatic hydroxyl groups excluding tert-OH is 1. The second-order valence-corrected chi connectivity index (χ2v) is 5.42. The Morgan fingerprint density at radius 2 is 1.94 bits per heavy atom. The molecule has 0 aromatic heterocycles. The van der Waals surface area contributed by atoms with Crippen molar-refractivity contribution in [2.24, 2.45) is 0 Å². The van der Waals surface area contributed by atoms with Gasteiger partial charge in [-0.05, 0) is 20.8 Å². The Balaban J connectivity index is 1.86. The van der Waals surface area contributed by atoms with E-state index in [1.165, 1.54) is 0 Å². The molecule has 0 aliphatic carbocycles. The molecule has 2 fully saturated rings. The van der Waals surface area contributed by atoms with Gasteiger partial charge < -0.3 is 24.6 Å². The first-order chi connectivity index (χ1) is 7.87. The molecular formula is C11H19NO5. The summed E-state index contributed by atoms with van der Waals surface area (Å²) in [4.78, 5) is 11.6. The molecule has 4 atom stereocenters. The van der Waals surface area contributed by atoms with Crippen LogP contribution >= 0.6 is 0 Å². The van der Waals surface area contributed by atoms with Crippen molar-refractivity contribution in [2.45, 2.75) is 50.7 Å². The molecule has 0 radical (unpaired) electrons. The van der Waals surface area contributed by atoms with Crippen LogP contribution in [-0.2, 0) is 14.2 Å². The molecule has 3 unspecified atom stereocenters. The van der Waals surface area contributed by atoms with E-state index in [0.29, 0.717) is 6.61 Å². The van der Waals surface area contributed by atoms with Gasteiger partial charge in [-0.2, -0.15) is 0 Å². The lowest BCUT2D eigenvalue weighted by molar-refractivity contribution is 0.0170. The van der Waals surface area contributed by atoms with Gasteiger partial charge in [0.2, 0.25) is 0 Å². The molecule has 2 aliphatic heterocycles. The van der Waals surface area contributed by atoms with Crippen molar-refractivity contribution in [3.05, 3.63) is 0 Å². The highest BCUT2D eigenvalue weighted by molar-refractivity contribution is 5.68. The highest BCUT2D eigenvalue weighted by atomic mass is 16.6. The Hall–Kier alpha value is -0.850. The van der Waals surface area contributed by atoms with Crippen molar-refractivity contribution in [1.82, 2.24) is 5.32 Å². The fourth-order valence-corrected chi connectivity index (χ4v) is 2.06. The van der Waals surface area contributed by atoms with E-state index in [9.17, 15) is 9.90 Å². The number of alkyl carbamates (subject to hydrolysis) is 1. The van der Waals surface area contributed by atoms with Crippen LogP contribution in [0.25, 0.3) is 0 Å². The first-order valence-corrected chi connectivity index (χ1v) is 5.77. The summed E-state index contributed by atoms with van der Waals surface area (Å²) in [6.07, 6.45) is -1.71. The largest absolute Gasteiger partial charge is 0.444 e. The molecule has 0 saturated carbocycles. The van der Waals surface area contributed by atoms with Gasteiger partial charge in [0.1, 0.15) is 23.9 Å². The fourth-order valence-electron chi connectivity index (χ4n) is 2.06. The minimum atomic E-state index is -0.606. The van der Waals surface area contributed by atoms with E-state index in [1.54, 1.807) is 20.8 Å². The molecule has 98 valence electrons. The highest BCUT2D eigenvalue weighted by Gasteiger charge is 2.47. The van der Waals surface area contributed by atoms with Gasteiger partial charge in [0.15, 0.2) is 0 Å². The molecule has 2 saturated heterocycles. The Kier molecular flexibility index (Phi) is 3.29. The van der Waals surface area contributed by atoms with Gasteiger partial charge in [-0.3, -0.25) is 0 Å². The molecule has 2 rings (SSSR count). The molecule has 0 bridgehead atoms. The molecule has 2 heterocycles. The monoisotopic (exact) mass is 245 g/mol. The SMILES string of the molecule is CC(C)(C)OC(=O)NC1CO[C@@H]2C(O)COC12. The summed E-state index contributed by atoms with van der Waals surface area (Å²) in [6.45, 7) is 6.00. The van der Waals surface area contributed by atoms with E-state index in [2.05, 4.69) is 5.32 Å². The average Bonchev–Trinajstić information content (AvgIpc) is 2.69. The van der Waals surface area contributed by atoms with Crippen LogP contribution in [-0.4, -0.2) is 54.4 Å². The number of aliphatic hydroxyl groups is 1. The third kappa shape index (κ3) is 2.88. The van der Waals surface area contributed by atoms with Gasteiger partial charge in [0.25, 0.3) is 0 Å². The number of amides is 1. The first-order valence-electron chi connectivity index (χ1n) is 5.77. The van der Waals surface area contributed by atoms with Crippen molar-refractivity contribution in [3.8, 4) is 0 Å². The Morgan fingerprint density at radius 3 is 2.59 bits per heavy atom. The Labute approximate surface area is 100 Å². The Bertz CT molecular complexity index is 301. The standard InChI is InChI=1S/C11H19NO5/c1-11(2,3)17-10(14)12-6-4-15-9-7(13)5-16-8(6)9/h6-9,13H,4-5H2,1-3H3,(H,12,14)/t6?,7?,8?,9-/m1/s1. The summed E-state index contributed by atoms with van der Waals surface area (Å²) in [7, 11) is 0. The van der Waals surface area contributed by atoms with Gasteiger partial charge in [0, 0.05) is 0 Å². The first kappa shape index (κ1) is 12.6. The lowest BCUT2D eigenvalue weighted by atomic mass is 10.1. The predicted molar refractivity (Wildman–Crippen MR) is 58.6 cm³/mol. The molecule has 2 aliphatic rings. The van der Waals surface area contributed by atoms with E-state index in [4.69, 9.17) is 14.2 Å². The molecule has 6 heteroatoms. The van der Waals surface area contributed by atoms with Crippen molar-refractivity contribution < 1.29 is 24.1 Å². The molecule has 6 nitrogen and oxygen atoms in total. The van der Waals surface area contributed by atoms with E-state index in [1.807, 2.05) is 0 Å². The third-order valence-electron chi connectivity index (χ3n) is 2.73. The maximum absolute atomic E-state index is 11.6. The van der Waals surface area contributed by atoms with Crippen LogP contribution in [0.2, 0.25) is 0 Å². The minimum Gasteiger partial charge on any atom is -0.444 e. The lowest BCUT2D eigenvalue weighted by Crippen LogP contribution is -2.46. The number of nitrogens with one attached hydrogen (secondary N) is 1. The van der Waals surface area contributed by atoms with Gasteiger partial charge in [0.05, 0.1) is 19.3 Å². The van der Waals surface area contributed by atoms with Crippen LogP contribution in [0.1, 0.15) is 20.8 Å². The normalized spacial score (nSPS) is 36.7. The van der Waals surface area contributed by atoms with Crippen LogP contribution in [0, 0.1) is 0 Å². The van der Waals surface area contributed by atoms with Crippen molar-refractivity contribution in [3.63, 3.8) is 0 Å². The van der Waals surface area contributed by atoms with Crippen molar-refractivity contribution >= 4 is 6.09 Å². The summed E-state index contributed by atoms with van der Waals surface area (Å²) >= 11 is 0. The van der Waals surface area contributed by atoms with Crippen LogP contribution in [0.4, 0.5) is 4.79 Å². The zero-order valence-corrected chi connectivity index (χ0v) is 10.3. The number of hydrogen-bond donors (Lipinski definition) is 2. The minimum absolute atomic E-state index is 0.252. The molecule has 2 N–H and O–H groups in total. The fraction of sp³-hybridized carbons (Fsp3) is 0.909. The predicted octanol–water partition coefficient (Wildman–Crippen LogP) is 0.0382. The van der Waals surface area contributed by atoms with Gasteiger partial charge in [-0.15, -0.1) is 0 Å². The summed E-state index contributed by atoms with van der Waals surface area (Å²) < 4.78 is 15.9. The maximum Gasteiger partial charge on any atom is 0.408 e. The van der Waals surface area contributed by atoms with Crippen LogP contribution in [0.15, 0.2) is 0 Å². The molecule has 0 aromatic carbocycles. The number of rotatable bonds is 1. The summed E-state index contributed by atoms with van der Waals surface area (Å²) in [5.74, 6) is 0. The van der Waals surface area contributed by atoms with Gasteiger partial charge in [-0.25, -0.2) is 4.79 Å². The van der Waals surface area contributed by atoms with E-state index in [0.717, 1.165) is 0 Å². The molecular weight excluding hydrogens is 226 g/mol. The van der Waals surface area contributed by atoms with Gasteiger partial charge in [-0.1, -0.05) is 0 Å². The molecule has 17 heavy (non-hydrogen) atoms. The second-order valence-electron chi connectivity index (χ2n) is 5.42. The highest BCUT2D eigenvalue weighted by Crippen LogP contribution is 2.27. The van der Waals surface area contributed by atoms with Crippen molar-refractivity contribution in [2.75, 3.05) is 13.2 Å². The number of hydrogen-bond acceptors (Lipinski definition) is 5. The van der Waals surface area contributed by atoms with Crippen molar-refractivity contribution in [1.29, 1.82) is 0 Å². The Morgan fingerprint density at radius 1 is 1.29 bits per heavy atom. The lowest BCUT2D eigenvalue weighted by Gasteiger charge is -2.23. The summed E-state index contributed by atoms with van der Waals surface area (Å²) in [5, 5.41) is 12.2. The number of carbonyl (C=O) groups is 1. The van der Waals surface area contributed by atoms with Crippen LogP contribution < -0.4 is 5.32 Å². The second kappa shape index (κ2) is 4.44. The molecule has 0 aromatic rings. The number of carbonyl (C=O) groups excluding carboxylic acids is 1. The average molecular weight is 245 g/mol. The van der Waals surface area contributed by atoms with Crippen LogP contribution in [0.5, 0.6) is 0 Å².